The topological polar surface area (TPSA) is 40.6 Å². The minimum Gasteiger partial charge on any atom is -0.336 e. The van der Waals surface area contributed by atoms with Gasteiger partial charge < -0.3 is 4.90 Å². The van der Waals surface area contributed by atoms with E-state index in [9.17, 15) is 9.59 Å². The summed E-state index contributed by atoms with van der Waals surface area (Å²) in [7, 11) is 0. The van der Waals surface area contributed by atoms with Gasteiger partial charge >= 0.3 is 0 Å². The molecule has 3 aromatic rings. The second-order valence-corrected chi connectivity index (χ2v) is 8.42. The predicted octanol–water partition coefficient (Wildman–Crippen LogP) is 5.73. The van der Waals surface area contributed by atoms with Gasteiger partial charge in [0.05, 0.1) is 11.3 Å². The van der Waals surface area contributed by atoms with Crippen molar-refractivity contribution < 1.29 is 9.59 Å². The molecule has 3 aromatic carbocycles. The number of amides is 2. The molecule has 2 heterocycles. The number of anilines is 2. The fourth-order valence-corrected chi connectivity index (χ4v) is 4.82. The lowest BCUT2D eigenvalue weighted by Gasteiger charge is -2.32. The van der Waals surface area contributed by atoms with Crippen molar-refractivity contribution in [1.82, 2.24) is 0 Å². The van der Waals surface area contributed by atoms with E-state index in [1.807, 2.05) is 53.4 Å². The molecule has 5 rings (SSSR count). The Hall–Kier alpha value is -3.08. The molecule has 0 spiro atoms. The first-order chi connectivity index (χ1) is 15.0. The average Bonchev–Trinajstić information content (AvgIpc) is 3.03. The third-order valence-electron chi connectivity index (χ3n) is 5.61. The van der Waals surface area contributed by atoms with Crippen LogP contribution in [0.3, 0.4) is 0 Å². The summed E-state index contributed by atoms with van der Waals surface area (Å²) < 4.78 is 0. The molecule has 0 bridgehead atoms. The highest BCUT2D eigenvalue weighted by Gasteiger charge is 2.43. The molecule has 0 radical (unpaired) electrons. The number of halogens is 2. The van der Waals surface area contributed by atoms with Crippen LogP contribution in [0, 0.1) is 0 Å². The lowest BCUT2D eigenvalue weighted by Crippen LogP contribution is -2.37. The smallest absolute Gasteiger partial charge is 0.282 e. The normalized spacial score (nSPS) is 16.2. The van der Waals surface area contributed by atoms with E-state index < -0.39 is 0 Å². The van der Waals surface area contributed by atoms with Crippen LogP contribution < -0.4 is 9.80 Å². The largest absolute Gasteiger partial charge is 0.336 e. The number of rotatable bonds is 3. The summed E-state index contributed by atoms with van der Waals surface area (Å²) in [6.07, 6.45) is 1.84. The standard InChI is InChI=1S/C25H18Cl2N2O2/c26-18-13-19(27)15-20(14-18)29-24(30)22(17-8-2-1-3-9-17)23(25(29)31)28-12-6-10-16-7-4-5-11-21(16)28/h1-5,7-9,11,13-15H,6,10,12H2. The fourth-order valence-electron chi connectivity index (χ4n) is 4.30. The molecular weight excluding hydrogens is 431 g/mol. The van der Waals surface area contributed by atoms with E-state index in [-0.39, 0.29) is 11.8 Å². The Labute approximate surface area is 190 Å². The van der Waals surface area contributed by atoms with Crippen molar-refractivity contribution in [2.45, 2.75) is 12.8 Å². The maximum atomic E-state index is 13.8. The Morgan fingerprint density at radius 2 is 1.45 bits per heavy atom. The molecule has 0 atom stereocenters. The summed E-state index contributed by atoms with van der Waals surface area (Å²) in [6, 6.07) is 22.1. The van der Waals surface area contributed by atoms with Gasteiger partial charge in [-0.15, -0.1) is 0 Å². The average molecular weight is 449 g/mol. The molecule has 0 saturated heterocycles. The molecule has 0 fully saturated rings. The Balaban J connectivity index is 1.70. The number of carbonyl (C=O) groups is 2. The monoisotopic (exact) mass is 448 g/mol. The lowest BCUT2D eigenvalue weighted by molar-refractivity contribution is -0.120. The van der Waals surface area contributed by atoms with Crippen molar-refractivity contribution in [1.29, 1.82) is 0 Å². The van der Waals surface area contributed by atoms with Crippen molar-refractivity contribution in [3.8, 4) is 0 Å². The van der Waals surface area contributed by atoms with E-state index in [1.54, 1.807) is 18.2 Å². The van der Waals surface area contributed by atoms with Crippen molar-refractivity contribution in [2.24, 2.45) is 0 Å². The highest BCUT2D eigenvalue weighted by Crippen LogP contribution is 2.40. The fraction of sp³-hybridized carbons (Fsp3) is 0.120. The number of para-hydroxylation sites is 1. The van der Waals surface area contributed by atoms with Crippen LogP contribution in [0.4, 0.5) is 11.4 Å². The van der Waals surface area contributed by atoms with Crippen LogP contribution in [-0.4, -0.2) is 18.4 Å². The molecule has 0 aliphatic carbocycles. The van der Waals surface area contributed by atoms with Gasteiger partial charge in [-0.3, -0.25) is 9.59 Å². The zero-order chi connectivity index (χ0) is 21.5. The molecular formula is C25H18Cl2N2O2. The Bertz CT molecular complexity index is 1220. The molecule has 6 heteroatoms. The number of carbonyl (C=O) groups excluding carboxylic acids is 2. The first-order valence-corrected chi connectivity index (χ1v) is 10.8. The summed E-state index contributed by atoms with van der Waals surface area (Å²) >= 11 is 12.3. The quantitative estimate of drug-likeness (QED) is 0.480. The summed E-state index contributed by atoms with van der Waals surface area (Å²) in [4.78, 5) is 30.5. The second-order valence-electron chi connectivity index (χ2n) is 7.55. The third-order valence-corrected chi connectivity index (χ3v) is 6.04. The third kappa shape index (κ3) is 3.42. The van der Waals surface area contributed by atoms with Gasteiger partial charge in [-0.1, -0.05) is 71.7 Å². The number of fused-ring (bicyclic) bond motifs is 1. The van der Waals surface area contributed by atoms with E-state index in [4.69, 9.17) is 23.2 Å². The highest BCUT2D eigenvalue weighted by molar-refractivity contribution is 6.47. The van der Waals surface area contributed by atoms with E-state index >= 15 is 0 Å². The molecule has 0 N–H and O–H groups in total. The molecule has 31 heavy (non-hydrogen) atoms. The van der Waals surface area contributed by atoms with Crippen LogP contribution in [0.25, 0.3) is 5.57 Å². The maximum absolute atomic E-state index is 13.8. The summed E-state index contributed by atoms with van der Waals surface area (Å²) in [6.45, 7) is 0.659. The maximum Gasteiger partial charge on any atom is 0.282 e. The molecule has 2 aliphatic heterocycles. The number of benzene rings is 3. The molecule has 154 valence electrons. The van der Waals surface area contributed by atoms with Crippen LogP contribution in [-0.2, 0) is 16.0 Å². The van der Waals surface area contributed by atoms with E-state index in [0.717, 1.165) is 24.1 Å². The number of aryl methyl sites for hydroxylation is 1. The molecule has 2 amide bonds. The summed E-state index contributed by atoms with van der Waals surface area (Å²) in [5.41, 5.74) is 3.97. The van der Waals surface area contributed by atoms with Gasteiger partial charge in [-0.25, -0.2) is 4.90 Å². The number of imide groups is 1. The first-order valence-electron chi connectivity index (χ1n) is 10.0. The van der Waals surface area contributed by atoms with E-state index in [1.165, 1.54) is 4.90 Å². The van der Waals surface area contributed by atoms with Gasteiger partial charge in [-0.05, 0) is 48.2 Å². The second kappa shape index (κ2) is 7.88. The first kappa shape index (κ1) is 19.9. The van der Waals surface area contributed by atoms with E-state index in [2.05, 4.69) is 6.07 Å². The van der Waals surface area contributed by atoms with Crippen LogP contribution in [0.15, 0.2) is 78.5 Å². The zero-order valence-corrected chi connectivity index (χ0v) is 18.0. The number of hydrogen-bond acceptors (Lipinski definition) is 3. The van der Waals surface area contributed by atoms with Crippen LogP contribution >= 0.6 is 23.2 Å². The molecule has 0 unspecified atom stereocenters. The van der Waals surface area contributed by atoms with Crippen LogP contribution in [0.5, 0.6) is 0 Å². The van der Waals surface area contributed by atoms with Crippen LogP contribution in [0.1, 0.15) is 17.5 Å². The minimum absolute atomic E-state index is 0.362. The van der Waals surface area contributed by atoms with Crippen LogP contribution in [0.2, 0.25) is 10.0 Å². The van der Waals surface area contributed by atoms with Crippen molar-refractivity contribution in [3.63, 3.8) is 0 Å². The van der Waals surface area contributed by atoms with Crippen molar-refractivity contribution in [2.75, 3.05) is 16.3 Å². The van der Waals surface area contributed by atoms with Gasteiger partial charge in [0.15, 0.2) is 0 Å². The Kier molecular flexibility index (Phi) is 5.05. The number of nitrogens with zero attached hydrogens (tertiary/aromatic N) is 2. The van der Waals surface area contributed by atoms with Gasteiger partial charge in [0.25, 0.3) is 11.8 Å². The molecule has 0 aromatic heterocycles. The van der Waals surface area contributed by atoms with Gasteiger partial charge in [0, 0.05) is 22.3 Å². The predicted molar refractivity (Wildman–Crippen MR) is 124 cm³/mol. The van der Waals surface area contributed by atoms with Gasteiger partial charge in [-0.2, -0.15) is 0 Å². The van der Waals surface area contributed by atoms with Gasteiger partial charge in [0.2, 0.25) is 0 Å². The Morgan fingerprint density at radius 1 is 0.774 bits per heavy atom. The minimum atomic E-state index is -0.382. The van der Waals surface area contributed by atoms with Gasteiger partial charge in [0.1, 0.15) is 5.70 Å². The Morgan fingerprint density at radius 3 is 2.19 bits per heavy atom. The number of hydrogen-bond donors (Lipinski definition) is 0. The zero-order valence-electron chi connectivity index (χ0n) is 16.5. The van der Waals surface area contributed by atoms with E-state index in [0.29, 0.717) is 39.1 Å². The van der Waals surface area contributed by atoms with Crippen molar-refractivity contribution in [3.05, 3.63) is 99.7 Å². The SMILES string of the molecule is O=C1C(c2ccccc2)=C(N2CCCc3ccccc32)C(=O)N1c1cc(Cl)cc(Cl)c1. The molecule has 2 aliphatic rings. The lowest BCUT2D eigenvalue weighted by atomic mass is 9.98. The summed E-state index contributed by atoms with van der Waals surface area (Å²) in [5, 5.41) is 0.724. The highest BCUT2D eigenvalue weighted by atomic mass is 35.5. The molecule has 4 nitrogen and oxygen atoms in total. The summed E-state index contributed by atoms with van der Waals surface area (Å²) in [5.74, 6) is -0.758. The molecule has 0 saturated carbocycles. The van der Waals surface area contributed by atoms with Crippen molar-refractivity contribution >= 4 is 52.0 Å².